The fraction of sp³-hybridized carbons (Fsp3) is 0.438. The minimum Gasteiger partial charge on any atom is -0.481 e. The largest absolute Gasteiger partial charge is 0.481 e. The monoisotopic (exact) mass is 300 g/mol. The third kappa shape index (κ3) is 3.10. The summed E-state index contributed by atoms with van der Waals surface area (Å²) in [6.07, 6.45) is 6.38. The molecule has 0 aromatic carbocycles. The zero-order chi connectivity index (χ0) is 15.4. The van der Waals surface area contributed by atoms with Crippen LogP contribution in [0.5, 0.6) is 5.88 Å². The number of hydrogen-bond donors (Lipinski definition) is 1. The Morgan fingerprint density at radius 3 is 2.73 bits per heavy atom. The molecule has 0 atom stereocenters. The highest BCUT2D eigenvalue weighted by molar-refractivity contribution is 5.65. The van der Waals surface area contributed by atoms with Crippen LogP contribution < -0.4 is 15.2 Å². The number of methoxy groups -OCH3 is 1. The molecule has 0 radical (unpaired) electrons. The molecule has 0 aliphatic carbocycles. The Hall–Kier alpha value is -2.37. The van der Waals surface area contributed by atoms with Gasteiger partial charge in [0.05, 0.1) is 18.4 Å². The van der Waals surface area contributed by atoms with E-state index in [1.807, 2.05) is 12.1 Å². The molecule has 0 unspecified atom stereocenters. The van der Waals surface area contributed by atoms with Gasteiger partial charge in [-0.25, -0.2) is 9.97 Å². The quantitative estimate of drug-likeness (QED) is 0.941. The third-order valence-corrected chi connectivity index (χ3v) is 3.88. The molecule has 3 heterocycles. The second-order valence-corrected chi connectivity index (χ2v) is 5.42. The van der Waals surface area contributed by atoms with Crippen LogP contribution in [0.15, 0.2) is 29.2 Å². The smallest absolute Gasteiger partial charge is 0.252 e. The van der Waals surface area contributed by atoms with Gasteiger partial charge in [0, 0.05) is 25.4 Å². The van der Waals surface area contributed by atoms with Crippen LogP contribution in [0.2, 0.25) is 0 Å². The summed E-state index contributed by atoms with van der Waals surface area (Å²) < 4.78 is 5.27. The summed E-state index contributed by atoms with van der Waals surface area (Å²) in [4.78, 5) is 25.8. The van der Waals surface area contributed by atoms with Crippen LogP contribution in [-0.4, -0.2) is 35.2 Å². The number of aromatic nitrogens is 3. The molecule has 0 amide bonds. The molecule has 0 bridgehead atoms. The summed E-state index contributed by atoms with van der Waals surface area (Å²) in [5.41, 5.74) is 1.16. The van der Waals surface area contributed by atoms with E-state index in [1.54, 1.807) is 13.3 Å². The Bertz CT molecular complexity index is 691. The predicted octanol–water partition coefficient (Wildman–Crippen LogP) is 2.22. The first kappa shape index (κ1) is 14.6. The zero-order valence-corrected chi connectivity index (χ0v) is 12.7. The summed E-state index contributed by atoms with van der Waals surface area (Å²) in [5.74, 6) is 1.11. The number of pyridine rings is 1. The minimum atomic E-state index is -0.157. The van der Waals surface area contributed by atoms with Crippen molar-refractivity contribution in [1.82, 2.24) is 15.0 Å². The minimum absolute atomic E-state index is 0.157. The van der Waals surface area contributed by atoms with Crippen LogP contribution in [0.4, 0.5) is 5.95 Å². The van der Waals surface area contributed by atoms with Crippen molar-refractivity contribution in [2.45, 2.75) is 25.7 Å². The fourth-order valence-electron chi connectivity index (χ4n) is 2.76. The fourth-order valence-corrected chi connectivity index (χ4v) is 2.76. The van der Waals surface area contributed by atoms with Gasteiger partial charge in [0.25, 0.3) is 5.56 Å². The zero-order valence-electron chi connectivity index (χ0n) is 12.7. The van der Waals surface area contributed by atoms with Crippen LogP contribution in [0, 0.1) is 0 Å². The van der Waals surface area contributed by atoms with Crippen LogP contribution in [0.25, 0.3) is 11.3 Å². The molecule has 22 heavy (non-hydrogen) atoms. The molecule has 0 saturated carbocycles. The number of hydrogen-bond acceptors (Lipinski definition) is 5. The number of nitrogens with one attached hydrogen (secondary N) is 1. The van der Waals surface area contributed by atoms with Gasteiger partial charge < -0.3 is 9.64 Å². The van der Waals surface area contributed by atoms with Crippen molar-refractivity contribution in [3.63, 3.8) is 0 Å². The van der Waals surface area contributed by atoms with Crippen molar-refractivity contribution in [3.8, 4) is 17.1 Å². The number of nitrogens with zero attached hydrogens (tertiary/aromatic N) is 3. The lowest BCUT2D eigenvalue weighted by atomic mass is 10.2. The van der Waals surface area contributed by atoms with E-state index < -0.39 is 0 Å². The van der Waals surface area contributed by atoms with Crippen LogP contribution >= 0.6 is 0 Å². The Labute approximate surface area is 129 Å². The number of anilines is 1. The molecule has 3 rings (SSSR count). The van der Waals surface area contributed by atoms with E-state index in [0.29, 0.717) is 17.5 Å². The molecular formula is C16H20N4O2. The maximum absolute atomic E-state index is 12.0. The summed E-state index contributed by atoms with van der Waals surface area (Å²) >= 11 is 0. The summed E-state index contributed by atoms with van der Waals surface area (Å²) in [7, 11) is 1.56. The molecule has 116 valence electrons. The average Bonchev–Trinajstić information content (AvgIpc) is 2.83. The van der Waals surface area contributed by atoms with E-state index in [-0.39, 0.29) is 5.56 Å². The summed E-state index contributed by atoms with van der Waals surface area (Å²) in [6, 6.07) is 5.16. The molecule has 2 aromatic rings. The Balaban J connectivity index is 2.01. The molecule has 6 nitrogen and oxygen atoms in total. The summed E-state index contributed by atoms with van der Waals surface area (Å²) in [6.45, 7) is 1.85. The standard InChI is InChI=1S/C16H20N4O2/c1-22-15-12(7-6-8-17-15)13-11-14(21)19-16(18-13)20-9-4-2-3-5-10-20/h6-8,11H,2-5,9-10H2,1H3,(H,18,19,21). The van der Waals surface area contributed by atoms with Crippen molar-refractivity contribution in [1.29, 1.82) is 0 Å². The summed E-state index contributed by atoms with van der Waals surface area (Å²) in [5, 5.41) is 0. The molecule has 1 saturated heterocycles. The SMILES string of the molecule is COc1ncccc1-c1cc(=O)[nH]c(N2CCCCCC2)n1. The second-order valence-electron chi connectivity index (χ2n) is 5.42. The topological polar surface area (TPSA) is 71.1 Å². The predicted molar refractivity (Wildman–Crippen MR) is 85.3 cm³/mol. The van der Waals surface area contributed by atoms with Gasteiger partial charge in [-0.2, -0.15) is 0 Å². The van der Waals surface area contributed by atoms with Crippen LogP contribution in [0.1, 0.15) is 25.7 Å². The molecule has 1 aliphatic heterocycles. The molecule has 1 N–H and O–H groups in total. The Kier molecular flexibility index (Phi) is 4.37. The van der Waals surface area contributed by atoms with Crippen molar-refractivity contribution in [2.75, 3.05) is 25.1 Å². The van der Waals surface area contributed by atoms with Gasteiger partial charge in [-0.1, -0.05) is 12.8 Å². The lowest BCUT2D eigenvalue weighted by Crippen LogP contribution is -2.28. The Morgan fingerprint density at radius 1 is 1.23 bits per heavy atom. The average molecular weight is 300 g/mol. The van der Waals surface area contributed by atoms with E-state index in [4.69, 9.17) is 4.74 Å². The van der Waals surface area contributed by atoms with Gasteiger partial charge in [0.15, 0.2) is 0 Å². The van der Waals surface area contributed by atoms with E-state index in [2.05, 4.69) is 19.9 Å². The van der Waals surface area contributed by atoms with Gasteiger partial charge in [-0.05, 0) is 25.0 Å². The molecule has 0 spiro atoms. The van der Waals surface area contributed by atoms with Crippen LogP contribution in [-0.2, 0) is 0 Å². The van der Waals surface area contributed by atoms with Gasteiger partial charge in [-0.15, -0.1) is 0 Å². The van der Waals surface area contributed by atoms with Crippen molar-refractivity contribution in [2.24, 2.45) is 0 Å². The number of rotatable bonds is 3. The van der Waals surface area contributed by atoms with Crippen molar-refractivity contribution in [3.05, 3.63) is 34.7 Å². The first-order valence-electron chi connectivity index (χ1n) is 7.63. The van der Waals surface area contributed by atoms with E-state index in [0.717, 1.165) is 31.5 Å². The lowest BCUT2D eigenvalue weighted by Gasteiger charge is -2.21. The molecule has 6 heteroatoms. The van der Waals surface area contributed by atoms with E-state index in [1.165, 1.54) is 18.9 Å². The second kappa shape index (κ2) is 6.60. The van der Waals surface area contributed by atoms with Gasteiger partial charge in [0.1, 0.15) is 0 Å². The highest BCUT2D eigenvalue weighted by atomic mass is 16.5. The van der Waals surface area contributed by atoms with E-state index in [9.17, 15) is 4.79 Å². The highest BCUT2D eigenvalue weighted by Crippen LogP contribution is 2.26. The third-order valence-electron chi connectivity index (χ3n) is 3.88. The Morgan fingerprint density at radius 2 is 2.00 bits per heavy atom. The molecular weight excluding hydrogens is 280 g/mol. The lowest BCUT2D eigenvalue weighted by molar-refractivity contribution is 0.399. The normalized spacial score (nSPS) is 15.4. The van der Waals surface area contributed by atoms with Gasteiger partial charge >= 0.3 is 0 Å². The number of ether oxygens (including phenoxy) is 1. The number of H-pyrrole nitrogens is 1. The molecule has 1 fully saturated rings. The van der Waals surface area contributed by atoms with Gasteiger partial charge in [-0.3, -0.25) is 9.78 Å². The first-order valence-corrected chi connectivity index (χ1v) is 7.63. The maximum Gasteiger partial charge on any atom is 0.252 e. The van der Waals surface area contributed by atoms with Crippen molar-refractivity contribution < 1.29 is 4.74 Å². The van der Waals surface area contributed by atoms with E-state index >= 15 is 0 Å². The maximum atomic E-state index is 12.0. The van der Waals surface area contributed by atoms with Gasteiger partial charge in [0.2, 0.25) is 11.8 Å². The number of aromatic amines is 1. The first-order chi connectivity index (χ1) is 10.8. The molecule has 2 aromatic heterocycles. The highest BCUT2D eigenvalue weighted by Gasteiger charge is 2.15. The van der Waals surface area contributed by atoms with Crippen LogP contribution in [0.3, 0.4) is 0 Å². The molecule has 1 aliphatic rings. The van der Waals surface area contributed by atoms with Crippen molar-refractivity contribution >= 4 is 5.95 Å².